The number of para-hydroxylation sites is 1. The first-order valence-corrected chi connectivity index (χ1v) is 13.0. The molecule has 1 aromatic heterocycles. The van der Waals surface area contributed by atoms with E-state index in [1.54, 1.807) is 35.4 Å². The summed E-state index contributed by atoms with van der Waals surface area (Å²) in [6.45, 7) is 2.37. The van der Waals surface area contributed by atoms with Gasteiger partial charge in [0.15, 0.2) is 5.60 Å². The van der Waals surface area contributed by atoms with Crippen molar-refractivity contribution in [1.29, 1.82) is 0 Å². The number of nitrogens with zero attached hydrogens (tertiary/aromatic N) is 4. The largest absolute Gasteiger partial charge is 0.506 e. The number of aromatic hydroxyl groups is 1. The molecule has 4 heterocycles. The van der Waals surface area contributed by atoms with E-state index >= 15 is 0 Å². The van der Waals surface area contributed by atoms with Crippen molar-refractivity contribution in [3.05, 3.63) is 71.9 Å². The lowest BCUT2D eigenvalue weighted by atomic mass is 9.86. The highest BCUT2D eigenvalue weighted by atomic mass is 16.7. The second-order valence-corrected chi connectivity index (χ2v) is 10.4. The van der Waals surface area contributed by atoms with Gasteiger partial charge in [0.2, 0.25) is 0 Å². The molecule has 2 atom stereocenters. The summed E-state index contributed by atoms with van der Waals surface area (Å²) < 4.78 is 0. The molecule has 0 aliphatic carbocycles. The number of likely N-dealkylation sites (tertiary alicyclic amines) is 2. The number of piperidine rings is 2. The van der Waals surface area contributed by atoms with Crippen molar-refractivity contribution < 1.29 is 19.5 Å². The average Bonchev–Trinajstić information content (AvgIpc) is 3.35. The maximum atomic E-state index is 13.5. The molecule has 0 saturated carbocycles. The Morgan fingerprint density at radius 1 is 0.973 bits per heavy atom. The van der Waals surface area contributed by atoms with Crippen molar-refractivity contribution in [3.63, 3.8) is 0 Å². The van der Waals surface area contributed by atoms with E-state index in [1.165, 1.54) is 5.56 Å². The number of amides is 2. The molecular weight excluding hydrogens is 468 g/mol. The lowest BCUT2D eigenvalue weighted by Gasteiger charge is -2.38. The zero-order valence-corrected chi connectivity index (χ0v) is 20.7. The van der Waals surface area contributed by atoms with Gasteiger partial charge in [-0.15, -0.1) is 0 Å². The van der Waals surface area contributed by atoms with Crippen LogP contribution in [0.4, 0.5) is 0 Å². The number of pyridine rings is 1. The molecule has 3 aliphatic rings. The first-order valence-electron chi connectivity index (χ1n) is 13.0. The third kappa shape index (κ3) is 4.41. The van der Waals surface area contributed by atoms with E-state index in [9.17, 15) is 14.7 Å². The summed E-state index contributed by atoms with van der Waals surface area (Å²) in [4.78, 5) is 40.8. The Balaban J connectivity index is 1.15. The molecule has 6 rings (SSSR count). The number of hydrogen-bond donors (Lipinski definition) is 1. The van der Waals surface area contributed by atoms with E-state index in [1.807, 2.05) is 23.1 Å². The summed E-state index contributed by atoms with van der Waals surface area (Å²) >= 11 is 0. The Morgan fingerprint density at radius 3 is 2.68 bits per heavy atom. The molecule has 2 saturated heterocycles. The van der Waals surface area contributed by atoms with Gasteiger partial charge in [-0.3, -0.25) is 14.6 Å². The average molecular weight is 499 g/mol. The van der Waals surface area contributed by atoms with Crippen LogP contribution >= 0.6 is 0 Å². The van der Waals surface area contributed by atoms with Crippen LogP contribution in [-0.2, 0) is 9.63 Å². The molecule has 0 bridgehead atoms. The number of fused-ring (bicyclic) bond motifs is 1. The van der Waals surface area contributed by atoms with Crippen LogP contribution in [0.15, 0.2) is 65.9 Å². The van der Waals surface area contributed by atoms with Crippen LogP contribution in [-0.4, -0.2) is 69.2 Å². The molecule has 0 radical (unpaired) electrons. The molecule has 2 fully saturated rings. The smallest absolute Gasteiger partial charge is 0.271 e. The Bertz CT molecular complexity index is 1370. The number of oxime groups is 1. The Kier molecular flexibility index (Phi) is 6.02. The second-order valence-electron chi connectivity index (χ2n) is 10.4. The van der Waals surface area contributed by atoms with Crippen LogP contribution < -0.4 is 0 Å². The third-order valence-electron chi connectivity index (χ3n) is 7.87. The number of aromatic nitrogens is 1. The minimum absolute atomic E-state index is 0.0464. The Hall–Kier alpha value is -3.94. The fourth-order valence-corrected chi connectivity index (χ4v) is 5.99. The Labute approximate surface area is 215 Å². The predicted molar refractivity (Wildman–Crippen MR) is 139 cm³/mol. The van der Waals surface area contributed by atoms with Crippen LogP contribution in [0, 0.1) is 0 Å². The maximum Gasteiger partial charge on any atom is 0.271 e. The molecule has 3 aliphatic heterocycles. The van der Waals surface area contributed by atoms with Gasteiger partial charge in [0.25, 0.3) is 11.8 Å². The molecule has 1 spiro atoms. The van der Waals surface area contributed by atoms with Gasteiger partial charge in [-0.05, 0) is 43.4 Å². The number of carbonyl (C=O) groups excluding carboxylic acids is 2. The van der Waals surface area contributed by atoms with E-state index in [-0.39, 0.29) is 17.6 Å². The third-order valence-corrected chi connectivity index (χ3v) is 7.87. The quantitative estimate of drug-likeness (QED) is 0.587. The normalized spacial score (nSPS) is 23.7. The number of carbonyl (C=O) groups is 2. The minimum Gasteiger partial charge on any atom is -0.506 e. The van der Waals surface area contributed by atoms with E-state index in [0.717, 1.165) is 32.2 Å². The summed E-state index contributed by atoms with van der Waals surface area (Å²) in [6.07, 6.45) is 5.47. The monoisotopic (exact) mass is 498 g/mol. The molecule has 190 valence electrons. The van der Waals surface area contributed by atoms with Crippen LogP contribution in [0.25, 0.3) is 10.9 Å². The highest BCUT2D eigenvalue weighted by Gasteiger charge is 2.46. The molecule has 2 amide bonds. The number of hydrogen-bond acceptors (Lipinski definition) is 6. The summed E-state index contributed by atoms with van der Waals surface area (Å²) in [5, 5.41) is 15.0. The highest BCUT2D eigenvalue weighted by Crippen LogP contribution is 2.36. The van der Waals surface area contributed by atoms with Crippen molar-refractivity contribution in [2.45, 2.75) is 43.6 Å². The van der Waals surface area contributed by atoms with Gasteiger partial charge >= 0.3 is 0 Å². The van der Waals surface area contributed by atoms with Gasteiger partial charge in [-0.2, -0.15) is 0 Å². The fourth-order valence-electron chi connectivity index (χ4n) is 5.99. The molecule has 37 heavy (non-hydrogen) atoms. The van der Waals surface area contributed by atoms with Crippen LogP contribution in [0.5, 0.6) is 5.75 Å². The molecule has 2 unspecified atom stereocenters. The first kappa shape index (κ1) is 23.5. The topological polar surface area (TPSA) is 95.3 Å². The summed E-state index contributed by atoms with van der Waals surface area (Å²) in [7, 11) is 0. The van der Waals surface area contributed by atoms with Gasteiger partial charge in [-0.25, -0.2) is 0 Å². The molecular formula is C29H30N4O4. The SMILES string of the molecule is O=C(C1=NOC2(CCCN(C(=O)c3ccnc4c(O)cccc34)C2)C1)N1CCCC(c2ccccc2)C1. The standard InChI is InChI=1S/C29H30N4O4/c34-25-11-4-10-22-23(12-14-30-26(22)25)27(35)33-16-6-13-29(19-33)17-24(31-37-29)28(36)32-15-5-9-21(18-32)20-7-2-1-3-8-20/h1-4,7-8,10-12,14,21,34H,5-6,9,13,15-19H2. The van der Waals surface area contributed by atoms with Crippen molar-refractivity contribution in [2.24, 2.45) is 5.16 Å². The maximum absolute atomic E-state index is 13.5. The van der Waals surface area contributed by atoms with Crippen LogP contribution in [0.2, 0.25) is 0 Å². The van der Waals surface area contributed by atoms with Gasteiger partial charge in [0.05, 0.1) is 12.1 Å². The minimum atomic E-state index is -0.682. The zero-order valence-electron chi connectivity index (χ0n) is 20.7. The van der Waals surface area contributed by atoms with Crippen molar-refractivity contribution in [3.8, 4) is 5.75 Å². The fraction of sp³-hybridized carbons (Fsp3) is 0.379. The summed E-state index contributed by atoms with van der Waals surface area (Å²) in [5.41, 5.74) is 1.93. The Morgan fingerprint density at radius 2 is 1.81 bits per heavy atom. The molecule has 2 aromatic carbocycles. The van der Waals surface area contributed by atoms with Crippen molar-refractivity contribution in [1.82, 2.24) is 14.8 Å². The predicted octanol–water partition coefficient (Wildman–Crippen LogP) is 4.10. The van der Waals surface area contributed by atoms with Gasteiger partial charge < -0.3 is 19.7 Å². The van der Waals surface area contributed by atoms with Crippen molar-refractivity contribution >= 4 is 28.4 Å². The van der Waals surface area contributed by atoms with Crippen molar-refractivity contribution in [2.75, 3.05) is 26.2 Å². The van der Waals surface area contributed by atoms with E-state index < -0.39 is 5.60 Å². The van der Waals surface area contributed by atoms with Gasteiger partial charge in [0, 0.05) is 43.6 Å². The van der Waals surface area contributed by atoms with Gasteiger partial charge in [0.1, 0.15) is 17.0 Å². The van der Waals surface area contributed by atoms with E-state index in [4.69, 9.17) is 4.84 Å². The summed E-state index contributed by atoms with van der Waals surface area (Å²) in [6, 6.07) is 17.1. The summed E-state index contributed by atoms with van der Waals surface area (Å²) in [5.74, 6) is 0.178. The van der Waals surface area contributed by atoms with Gasteiger partial charge in [-0.1, -0.05) is 47.6 Å². The number of benzene rings is 2. The van der Waals surface area contributed by atoms with E-state index in [2.05, 4.69) is 22.3 Å². The molecule has 8 heteroatoms. The molecule has 3 aromatic rings. The lowest BCUT2D eigenvalue weighted by molar-refractivity contribution is -0.125. The van der Waals surface area contributed by atoms with Crippen LogP contribution in [0.3, 0.4) is 0 Å². The van der Waals surface area contributed by atoms with Crippen LogP contribution in [0.1, 0.15) is 53.9 Å². The molecule has 8 nitrogen and oxygen atoms in total. The number of rotatable bonds is 3. The first-order chi connectivity index (χ1) is 18.0. The number of phenolic OH excluding ortho intramolecular Hbond substituents is 1. The second kappa shape index (κ2) is 9.50. The van der Waals surface area contributed by atoms with E-state index in [0.29, 0.717) is 54.2 Å². The number of phenols is 1. The highest BCUT2D eigenvalue weighted by molar-refractivity contribution is 6.39. The zero-order chi connectivity index (χ0) is 25.4. The molecule has 1 N–H and O–H groups in total. The lowest BCUT2D eigenvalue weighted by Crippen LogP contribution is -2.51.